The van der Waals surface area contributed by atoms with Crippen LogP contribution >= 0.6 is 11.6 Å². The highest BCUT2D eigenvalue weighted by atomic mass is 35.5. The van der Waals surface area contributed by atoms with E-state index >= 15 is 0 Å². The van der Waals surface area contributed by atoms with Gasteiger partial charge in [-0.2, -0.15) is 5.01 Å². The minimum atomic E-state index is -1.49. The molecule has 1 aliphatic rings. The van der Waals surface area contributed by atoms with Crippen molar-refractivity contribution in [1.82, 2.24) is 10.3 Å². The molecule has 1 aliphatic heterocycles. The standard InChI is InChI=1S/C10H18ClN3O7/c1-20-9-8(17)7(16)6(15)5(21-9)4-12-10(18)14(13-19)3-2-11/h5-9,15-17H,2-4H2,1H3,(H,12,18)/t5-,6+,7+,8+,9-/m1/s1. The zero-order chi connectivity index (χ0) is 16.0. The van der Waals surface area contributed by atoms with Crippen molar-refractivity contribution in [3.05, 3.63) is 4.91 Å². The van der Waals surface area contributed by atoms with Crippen LogP contribution in [0.1, 0.15) is 0 Å². The predicted octanol–water partition coefficient (Wildman–Crippen LogP) is -1.63. The van der Waals surface area contributed by atoms with Crippen LogP contribution in [0, 0.1) is 4.91 Å². The zero-order valence-corrected chi connectivity index (χ0v) is 12.0. The third-order valence-electron chi connectivity index (χ3n) is 2.98. The smallest absolute Gasteiger partial charge is 0.340 e. The third-order valence-corrected chi connectivity index (χ3v) is 3.15. The van der Waals surface area contributed by atoms with E-state index in [2.05, 4.69) is 10.6 Å². The second-order valence-electron chi connectivity index (χ2n) is 4.33. The van der Waals surface area contributed by atoms with Gasteiger partial charge in [-0.3, -0.25) is 0 Å². The summed E-state index contributed by atoms with van der Waals surface area (Å²) in [6.07, 6.45) is -6.51. The summed E-state index contributed by atoms with van der Waals surface area (Å²) in [6.45, 7) is -0.301. The van der Waals surface area contributed by atoms with Crippen LogP contribution in [-0.2, 0) is 9.47 Å². The molecule has 0 unspecified atom stereocenters. The Balaban J connectivity index is 2.57. The van der Waals surface area contributed by atoms with Gasteiger partial charge in [0.1, 0.15) is 24.4 Å². The first-order valence-corrected chi connectivity index (χ1v) is 6.66. The monoisotopic (exact) mass is 327 g/mol. The van der Waals surface area contributed by atoms with Gasteiger partial charge in [0.25, 0.3) is 0 Å². The molecule has 0 aromatic rings. The molecule has 0 aromatic carbocycles. The number of alkyl halides is 1. The number of hydrogen-bond donors (Lipinski definition) is 4. The summed E-state index contributed by atoms with van der Waals surface area (Å²) in [7, 11) is 1.26. The Morgan fingerprint density at radius 2 is 2.05 bits per heavy atom. The molecule has 0 aliphatic carbocycles. The summed E-state index contributed by atoms with van der Waals surface area (Å²) < 4.78 is 10.0. The van der Waals surface area contributed by atoms with Crippen molar-refractivity contribution in [3.8, 4) is 0 Å². The Hall–Kier alpha value is -1.04. The number of halogens is 1. The number of carbonyl (C=O) groups excluding carboxylic acids is 1. The Morgan fingerprint density at radius 1 is 1.38 bits per heavy atom. The van der Waals surface area contributed by atoms with Crippen LogP contribution in [0.2, 0.25) is 0 Å². The van der Waals surface area contributed by atoms with Gasteiger partial charge in [-0.25, -0.2) is 4.79 Å². The number of nitroso groups, excluding NO2 is 1. The number of amides is 2. The van der Waals surface area contributed by atoms with Crippen LogP contribution < -0.4 is 5.32 Å². The van der Waals surface area contributed by atoms with Gasteiger partial charge in [-0.05, 0) is 0 Å². The summed E-state index contributed by atoms with van der Waals surface area (Å²) in [5.74, 6) is 0.0262. The quantitative estimate of drug-likeness (QED) is 0.261. The Bertz CT molecular complexity index is 360. The van der Waals surface area contributed by atoms with E-state index in [0.717, 1.165) is 0 Å². The number of carbonyl (C=O) groups is 1. The van der Waals surface area contributed by atoms with Crippen molar-refractivity contribution in [2.45, 2.75) is 30.7 Å². The van der Waals surface area contributed by atoms with Gasteiger partial charge in [0.15, 0.2) is 6.29 Å². The molecule has 5 atom stereocenters. The topological polar surface area (TPSA) is 141 Å². The van der Waals surface area contributed by atoms with E-state index < -0.39 is 36.7 Å². The van der Waals surface area contributed by atoms with E-state index in [4.69, 9.17) is 21.1 Å². The van der Waals surface area contributed by atoms with Gasteiger partial charge in [0.2, 0.25) is 0 Å². The number of aliphatic hydroxyl groups is 3. The van der Waals surface area contributed by atoms with Crippen LogP contribution in [0.5, 0.6) is 0 Å². The van der Waals surface area contributed by atoms with E-state index in [1.54, 1.807) is 0 Å². The lowest BCUT2D eigenvalue weighted by Gasteiger charge is -2.39. The lowest BCUT2D eigenvalue weighted by atomic mass is 9.99. The number of rotatable bonds is 6. The third kappa shape index (κ3) is 4.46. The van der Waals surface area contributed by atoms with Crippen molar-refractivity contribution in [2.24, 2.45) is 5.29 Å². The number of ether oxygens (including phenoxy) is 2. The Morgan fingerprint density at radius 3 is 2.57 bits per heavy atom. The molecule has 1 rings (SSSR count). The molecule has 21 heavy (non-hydrogen) atoms. The number of nitrogens with zero attached hydrogens (tertiary/aromatic N) is 2. The van der Waals surface area contributed by atoms with Crippen LogP contribution in [-0.4, -0.2) is 83.1 Å². The van der Waals surface area contributed by atoms with Gasteiger partial charge in [-0.15, -0.1) is 16.5 Å². The highest BCUT2D eigenvalue weighted by Gasteiger charge is 2.43. The first-order chi connectivity index (χ1) is 9.96. The highest BCUT2D eigenvalue weighted by Crippen LogP contribution is 2.21. The molecule has 0 spiro atoms. The molecule has 11 heteroatoms. The number of urea groups is 1. The number of aliphatic hydroxyl groups excluding tert-OH is 3. The van der Waals surface area contributed by atoms with Gasteiger partial charge in [0, 0.05) is 19.5 Å². The Labute approximate surface area is 125 Å². The van der Waals surface area contributed by atoms with Crippen molar-refractivity contribution in [1.29, 1.82) is 0 Å². The maximum atomic E-state index is 11.6. The molecule has 1 heterocycles. The minimum Gasteiger partial charge on any atom is -0.388 e. The fourth-order valence-electron chi connectivity index (χ4n) is 1.82. The highest BCUT2D eigenvalue weighted by molar-refractivity contribution is 6.18. The predicted molar refractivity (Wildman–Crippen MR) is 70.3 cm³/mol. The summed E-state index contributed by atoms with van der Waals surface area (Å²) in [5, 5.41) is 34.4. The molecule has 0 saturated carbocycles. The maximum Gasteiger partial charge on any atom is 0.340 e. The molecule has 1 saturated heterocycles. The second-order valence-corrected chi connectivity index (χ2v) is 4.71. The zero-order valence-electron chi connectivity index (χ0n) is 11.3. The largest absolute Gasteiger partial charge is 0.388 e. The number of methoxy groups -OCH3 is 1. The van der Waals surface area contributed by atoms with Crippen LogP contribution in [0.3, 0.4) is 0 Å². The average molecular weight is 328 g/mol. The van der Waals surface area contributed by atoms with Crippen molar-refractivity contribution >= 4 is 17.6 Å². The van der Waals surface area contributed by atoms with Gasteiger partial charge < -0.3 is 30.1 Å². The number of hydrogen-bond acceptors (Lipinski definition) is 8. The van der Waals surface area contributed by atoms with E-state index in [1.807, 2.05) is 0 Å². The van der Waals surface area contributed by atoms with E-state index in [0.29, 0.717) is 5.01 Å². The molecule has 0 radical (unpaired) electrons. The lowest BCUT2D eigenvalue weighted by molar-refractivity contribution is -0.288. The molecule has 2 amide bonds. The van der Waals surface area contributed by atoms with Crippen molar-refractivity contribution < 1.29 is 29.6 Å². The van der Waals surface area contributed by atoms with Crippen LogP contribution in [0.4, 0.5) is 4.79 Å². The fourth-order valence-corrected chi connectivity index (χ4v) is 1.98. The summed E-state index contributed by atoms with van der Waals surface area (Å²) in [4.78, 5) is 22.0. The molecule has 1 fully saturated rings. The first kappa shape index (κ1) is 18.0. The molecular weight excluding hydrogens is 310 g/mol. The van der Waals surface area contributed by atoms with E-state index in [-0.39, 0.29) is 19.0 Å². The Kier molecular flexibility index (Phi) is 7.22. The molecular formula is C10H18ClN3O7. The molecule has 122 valence electrons. The average Bonchev–Trinajstić information content (AvgIpc) is 2.49. The fraction of sp³-hybridized carbons (Fsp3) is 0.900. The summed E-state index contributed by atoms with van der Waals surface area (Å²) in [5.41, 5.74) is 0. The van der Waals surface area contributed by atoms with Crippen LogP contribution in [0.25, 0.3) is 0 Å². The molecule has 4 N–H and O–H groups in total. The normalized spacial score (nSPS) is 32.5. The van der Waals surface area contributed by atoms with Gasteiger partial charge >= 0.3 is 6.03 Å². The minimum absolute atomic E-state index is 0.0262. The number of nitrogens with one attached hydrogen (secondary N) is 1. The SMILES string of the molecule is CO[C@@H]1O[C@H](CNC(=O)N(CCCl)N=O)[C@H](O)[C@H](O)[C@@H]1O. The van der Waals surface area contributed by atoms with Gasteiger partial charge in [-0.1, -0.05) is 0 Å². The first-order valence-electron chi connectivity index (χ1n) is 6.13. The van der Waals surface area contributed by atoms with E-state index in [1.165, 1.54) is 7.11 Å². The van der Waals surface area contributed by atoms with E-state index in [9.17, 15) is 25.0 Å². The van der Waals surface area contributed by atoms with Gasteiger partial charge in [0.05, 0.1) is 11.8 Å². The summed E-state index contributed by atoms with van der Waals surface area (Å²) in [6, 6.07) is -0.823. The van der Waals surface area contributed by atoms with Crippen molar-refractivity contribution in [2.75, 3.05) is 26.1 Å². The maximum absolute atomic E-state index is 11.6. The molecule has 10 nitrogen and oxygen atoms in total. The summed E-state index contributed by atoms with van der Waals surface area (Å²) >= 11 is 5.40. The molecule has 0 bridgehead atoms. The second kappa shape index (κ2) is 8.41. The van der Waals surface area contributed by atoms with Crippen LogP contribution in [0.15, 0.2) is 5.29 Å². The molecule has 0 aromatic heterocycles. The van der Waals surface area contributed by atoms with Crippen molar-refractivity contribution in [3.63, 3.8) is 0 Å². The lowest BCUT2D eigenvalue weighted by Crippen LogP contribution is -2.60.